The maximum absolute atomic E-state index is 6.43. The van der Waals surface area contributed by atoms with Crippen molar-refractivity contribution in [2.75, 3.05) is 19.6 Å². The van der Waals surface area contributed by atoms with Crippen LogP contribution in [0.3, 0.4) is 0 Å². The summed E-state index contributed by atoms with van der Waals surface area (Å²) in [6, 6.07) is 0. The Hall–Kier alpha value is -0.940. The van der Waals surface area contributed by atoms with E-state index in [9.17, 15) is 0 Å². The van der Waals surface area contributed by atoms with Gasteiger partial charge in [0.05, 0.1) is 5.54 Å². The number of hydrogen-bond donors (Lipinski definition) is 1. The van der Waals surface area contributed by atoms with Crippen LogP contribution < -0.4 is 5.73 Å². The van der Waals surface area contributed by atoms with Crippen LogP contribution >= 0.6 is 0 Å². The van der Waals surface area contributed by atoms with E-state index in [2.05, 4.69) is 28.9 Å². The number of nitrogens with zero attached hydrogens (tertiary/aromatic N) is 3. The molecule has 0 aromatic carbocycles. The standard InChI is InChI=1S/C13H24N4O/c1-4-11-15-12(16-18-11)13(14)5-7-17(8-6-13)9-10(2)3/h10H,4-9,14H2,1-3H3. The third-order valence-electron chi connectivity index (χ3n) is 3.59. The van der Waals surface area contributed by atoms with E-state index in [1.165, 1.54) is 0 Å². The molecule has 1 aromatic heterocycles. The van der Waals surface area contributed by atoms with Crippen LogP contribution in [0.5, 0.6) is 0 Å². The van der Waals surface area contributed by atoms with Crippen molar-refractivity contribution in [2.24, 2.45) is 11.7 Å². The summed E-state index contributed by atoms with van der Waals surface area (Å²) < 4.78 is 5.17. The Bertz CT molecular complexity index is 380. The molecule has 0 aliphatic carbocycles. The fourth-order valence-corrected chi connectivity index (χ4v) is 2.48. The van der Waals surface area contributed by atoms with Gasteiger partial charge in [-0.05, 0) is 18.8 Å². The van der Waals surface area contributed by atoms with Crippen LogP contribution in [0, 0.1) is 5.92 Å². The summed E-state index contributed by atoms with van der Waals surface area (Å²) in [5.41, 5.74) is 6.03. The molecule has 1 aliphatic rings. The Kier molecular flexibility index (Phi) is 4.02. The summed E-state index contributed by atoms with van der Waals surface area (Å²) in [5.74, 6) is 2.06. The summed E-state index contributed by atoms with van der Waals surface area (Å²) in [4.78, 5) is 6.86. The van der Waals surface area contributed by atoms with E-state index in [4.69, 9.17) is 10.3 Å². The number of nitrogens with two attached hydrogens (primary N) is 1. The van der Waals surface area contributed by atoms with E-state index >= 15 is 0 Å². The highest BCUT2D eigenvalue weighted by atomic mass is 16.5. The SMILES string of the molecule is CCc1nc(C2(N)CCN(CC(C)C)CC2)no1. The highest BCUT2D eigenvalue weighted by Gasteiger charge is 2.36. The van der Waals surface area contributed by atoms with Crippen molar-refractivity contribution >= 4 is 0 Å². The second-order valence-electron chi connectivity index (χ2n) is 5.72. The summed E-state index contributed by atoms with van der Waals surface area (Å²) in [5, 5.41) is 4.04. The minimum Gasteiger partial charge on any atom is -0.339 e. The van der Waals surface area contributed by atoms with Gasteiger partial charge in [-0.3, -0.25) is 0 Å². The van der Waals surface area contributed by atoms with Crippen molar-refractivity contribution in [1.29, 1.82) is 0 Å². The highest BCUT2D eigenvalue weighted by molar-refractivity contribution is 5.06. The molecule has 18 heavy (non-hydrogen) atoms. The molecular weight excluding hydrogens is 228 g/mol. The van der Waals surface area contributed by atoms with Gasteiger partial charge in [-0.25, -0.2) is 0 Å². The molecule has 0 unspecified atom stereocenters. The van der Waals surface area contributed by atoms with Crippen LogP contribution in [-0.4, -0.2) is 34.7 Å². The monoisotopic (exact) mass is 252 g/mol. The van der Waals surface area contributed by atoms with E-state index in [1.807, 2.05) is 6.92 Å². The van der Waals surface area contributed by atoms with Crippen LogP contribution in [0.2, 0.25) is 0 Å². The van der Waals surface area contributed by atoms with E-state index in [0.717, 1.165) is 38.9 Å². The van der Waals surface area contributed by atoms with Crippen LogP contribution in [0.4, 0.5) is 0 Å². The first-order valence-corrected chi connectivity index (χ1v) is 6.88. The molecule has 2 N–H and O–H groups in total. The van der Waals surface area contributed by atoms with Gasteiger partial charge in [-0.1, -0.05) is 25.9 Å². The van der Waals surface area contributed by atoms with Crippen molar-refractivity contribution in [3.8, 4) is 0 Å². The van der Waals surface area contributed by atoms with E-state index in [0.29, 0.717) is 17.6 Å². The molecule has 1 aliphatic heterocycles. The van der Waals surface area contributed by atoms with Gasteiger partial charge in [-0.2, -0.15) is 4.98 Å². The molecule has 0 atom stereocenters. The maximum Gasteiger partial charge on any atom is 0.226 e. The molecule has 0 radical (unpaired) electrons. The first-order chi connectivity index (χ1) is 8.53. The fraction of sp³-hybridized carbons (Fsp3) is 0.846. The van der Waals surface area contributed by atoms with Crippen molar-refractivity contribution in [3.05, 3.63) is 11.7 Å². The van der Waals surface area contributed by atoms with Crippen LogP contribution in [0.1, 0.15) is 45.3 Å². The van der Waals surface area contributed by atoms with E-state index < -0.39 is 5.54 Å². The molecule has 1 saturated heterocycles. The predicted molar refractivity (Wildman–Crippen MR) is 70.1 cm³/mol. The lowest BCUT2D eigenvalue weighted by Gasteiger charge is -2.37. The maximum atomic E-state index is 6.43. The molecule has 0 spiro atoms. The van der Waals surface area contributed by atoms with Gasteiger partial charge in [0, 0.05) is 26.1 Å². The number of piperidine rings is 1. The zero-order valence-electron chi connectivity index (χ0n) is 11.6. The molecule has 5 nitrogen and oxygen atoms in total. The topological polar surface area (TPSA) is 68.2 Å². The fourth-order valence-electron chi connectivity index (χ4n) is 2.48. The third-order valence-corrected chi connectivity index (χ3v) is 3.59. The molecule has 1 aromatic rings. The zero-order valence-corrected chi connectivity index (χ0v) is 11.6. The summed E-state index contributed by atoms with van der Waals surface area (Å²) >= 11 is 0. The van der Waals surface area contributed by atoms with Gasteiger partial charge < -0.3 is 15.2 Å². The minimum absolute atomic E-state index is 0.398. The lowest BCUT2D eigenvalue weighted by molar-refractivity contribution is 0.141. The van der Waals surface area contributed by atoms with Crippen molar-refractivity contribution in [2.45, 2.75) is 45.6 Å². The van der Waals surface area contributed by atoms with Gasteiger partial charge in [-0.15, -0.1) is 0 Å². The van der Waals surface area contributed by atoms with Crippen molar-refractivity contribution < 1.29 is 4.52 Å². The average Bonchev–Trinajstić information content (AvgIpc) is 2.81. The quantitative estimate of drug-likeness (QED) is 0.880. The number of rotatable bonds is 4. The van der Waals surface area contributed by atoms with Gasteiger partial charge in [0.15, 0.2) is 5.82 Å². The van der Waals surface area contributed by atoms with Crippen LogP contribution in [0.15, 0.2) is 4.52 Å². The second-order valence-corrected chi connectivity index (χ2v) is 5.72. The minimum atomic E-state index is -0.398. The molecule has 0 saturated carbocycles. The molecule has 5 heteroatoms. The Balaban J connectivity index is 1.98. The Morgan fingerprint density at radius 1 is 1.39 bits per heavy atom. The largest absolute Gasteiger partial charge is 0.339 e. The molecule has 102 valence electrons. The van der Waals surface area contributed by atoms with Crippen LogP contribution in [-0.2, 0) is 12.0 Å². The number of aryl methyl sites for hydroxylation is 1. The smallest absolute Gasteiger partial charge is 0.226 e. The molecule has 2 heterocycles. The summed E-state index contributed by atoms with van der Waals surface area (Å²) in [6.07, 6.45) is 2.58. The predicted octanol–water partition coefficient (Wildman–Crippen LogP) is 1.54. The van der Waals surface area contributed by atoms with Crippen LogP contribution in [0.25, 0.3) is 0 Å². The highest BCUT2D eigenvalue weighted by Crippen LogP contribution is 2.28. The Morgan fingerprint density at radius 2 is 2.06 bits per heavy atom. The molecular formula is C13H24N4O. The van der Waals surface area contributed by atoms with Gasteiger partial charge in [0.2, 0.25) is 5.89 Å². The molecule has 0 bridgehead atoms. The number of aromatic nitrogens is 2. The van der Waals surface area contributed by atoms with Gasteiger partial charge in [0.25, 0.3) is 0 Å². The van der Waals surface area contributed by atoms with E-state index in [-0.39, 0.29) is 0 Å². The van der Waals surface area contributed by atoms with Gasteiger partial charge >= 0.3 is 0 Å². The molecule has 1 fully saturated rings. The summed E-state index contributed by atoms with van der Waals surface area (Å²) in [7, 11) is 0. The number of hydrogen-bond acceptors (Lipinski definition) is 5. The first-order valence-electron chi connectivity index (χ1n) is 6.88. The Morgan fingerprint density at radius 3 is 2.56 bits per heavy atom. The number of likely N-dealkylation sites (tertiary alicyclic amines) is 1. The van der Waals surface area contributed by atoms with Crippen molar-refractivity contribution in [3.63, 3.8) is 0 Å². The average molecular weight is 252 g/mol. The second kappa shape index (κ2) is 5.36. The third kappa shape index (κ3) is 2.90. The molecule has 2 rings (SSSR count). The Labute approximate surface area is 109 Å². The van der Waals surface area contributed by atoms with Gasteiger partial charge in [0.1, 0.15) is 0 Å². The first kappa shape index (κ1) is 13.5. The van der Waals surface area contributed by atoms with E-state index in [1.54, 1.807) is 0 Å². The van der Waals surface area contributed by atoms with Crippen molar-refractivity contribution in [1.82, 2.24) is 15.0 Å². The molecule has 0 amide bonds. The lowest BCUT2D eigenvalue weighted by Crippen LogP contribution is -2.49. The lowest BCUT2D eigenvalue weighted by atomic mass is 9.87. The normalized spacial score (nSPS) is 20.5. The zero-order chi connectivity index (χ0) is 13.2. The summed E-state index contributed by atoms with van der Waals surface area (Å²) in [6.45, 7) is 9.68.